The number of hydrogen-bond donors (Lipinski definition) is 1. The normalized spacial score (nSPS) is 24.4. The van der Waals surface area contributed by atoms with Gasteiger partial charge in [-0.1, -0.05) is 18.2 Å². The van der Waals surface area contributed by atoms with Gasteiger partial charge in [0, 0.05) is 51.8 Å². The number of likely N-dealkylation sites (tertiary alicyclic amines) is 1. The van der Waals surface area contributed by atoms with E-state index in [0.717, 1.165) is 13.1 Å². The highest BCUT2D eigenvalue weighted by atomic mass is 16.3. The van der Waals surface area contributed by atoms with Crippen molar-refractivity contribution in [3.05, 3.63) is 29.8 Å². The first-order valence-corrected chi connectivity index (χ1v) is 8.52. The topological polar surface area (TPSA) is 64.1 Å². The van der Waals surface area contributed by atoms with Gasteiger partial charge in [0.2, 0.25) is 11.8 Å². The van der Waals surface area contributed by atoms with Gasteiger partial charge < -0.3 is 19.8 Å². The maximum atomic E-state index is 12.8. The lowest BCUT2D eigenvalue weighted by Crippen LogP contribution is -2.54. The van der Waals surface area contributed by atoms with Crippen molar-refractivity contribution in [3.8, 4) is 0 Å². The van der Waals surface area contributed by atoms with Crippen LogP contribution >= 0.6 is 0 Å². The molecule has 0 aliphatic carbocycles. The number of piperazine rings is 1. The van der Waals surface area contributed by atoms with E-state index in [1.807, 2.05) is 17.0 Å². The van der Waals surface area contributed by atoms with Gasteiger partial charge >= 0.3 is 0 Å². The Morgan fingerprint density at radius 2 is 1.79 bits per heavy atom. The molecule has 130 valence electrons. The molecule has 0 saturated carbocycles. The van der Waals surface area contributed by atoms with Crippen molar-refractivity contribution >= 4 is 17.5 Å². The second-order valence-corrected chi connectivity index (χ2v) is 6.68. The SMILES string of the molecule is CC(=O)N1C[C@H](O)C[C@@H]1C(=O)N1CCN(c2ccccc2C)CC1. The number of carbonyl (C=O) groups is 2. The molecule has 1 N–H and O–H groups in total. The first-order valence-electron chi connectivity index (χ1n) is 8.52. The number of anilines is 1. The average molecular weight is 331 g/mol. The van der Waals surface area contributed by atoms with Gasteiger partial charge in [0.05, 0.1) is 6.10 Å². The Labute approximate surface area is 142 Å². The number of carbonyl (C=O) groups excluding carboxylic acids is 2. The highest BCUT2D eigenvalue weighted by Gasteiger charge is 2.40. The smallest absolute Gasteiger partial charge is 0.245 e. The van der Waals surface area contributed by atoms with Crippen molar-refractivity contribution < 1.29 is 14.7 Å². The fourth-order valence-corrected chi connectivity index (χ4v) is 3.69. The molecule has 2 amide bonds. The number of rotatable bonds is 2. The van der Waals surface area contributed by atoms with Crippen LogP contribution in [-0.4, -0.2) is 71.6 Å². The molecule has 0 aromatic heterocycles. The third kappa shape index (κ3) is 3.24. The number of benzene rings is 1. The van der Waals surface area contributed by atoms with Gasteiger partial charge in [-0.15, -0.1) is 0 Å². The molecule has 6 nitrogen and oxygen atoms in total. The molecule has 1 aromatic rings. The maximum absolute atomic E-state index is 12.8. The molecule has 2 atom stereocenters. The Morgan fingerprint density at radius 1 is 1.12 bits per heavy atom. The highest BCUT2D eigenvalue weighted by Crippen LogP contribution is 2.23. The summed E-state index contributed by atoms with van der Waals surface area (Å²) in [5.41, 5.74) is 2.45. The summed E-state index contributed by atoms with van der Waals surface area (Å²) in [6, 6.07) is 7.75. The quantitative estimate of drug-likeness (QED) is 0.863. The zero-order valence-corrected chi connectivity index (χ0v) is 14.3. The van der Waals surface area contributed by atoms with E-state index in [2.05, 4.69) is 24.0 Å². The van der Waals surface area contributed by atoms with Crippen molar-refractivity contribution in [2.75, 3.05) is 37.6 Å². The average Bonchev–Trinajstić information content (AvgIpc) is 2.97. The summed E-state index contributed by atoms with van der Waals surface area (Å²) in [5, 5.41) is 9.81. The van der Waals surface area contributed by atoms with E-state index in [-0.39, 0.29) is 18.4 Å². The fraction of sp³-hybridized carbons (Fsp3) is 0.556. The van der Waals surface area contributed by atoms with Crippen LogP contribution in [0, 0.1) is 6.92 Å². The van der Waals surface area contributed by atoms with E-state index in [0.29, 0.717) is 19.5 Å². The van der Waals surface area contributed by atoms with Crippen molar-refractivity contribution in [3.63, 3.8) is 0 Å². The lowest BCUT2D eigenvalue weighted by atomic mass is 10.1. The number of nitrogens with zero attached hydrogens (tertiary/aromatic N) is 3. The second kappa shape index (κ2) is 6.81. The van der Waals surface area contributed by atoms with Crippen LogP contribution in [0.15, 0.2) is 24.3 Å². The van der Waals surface area contributed by atoms with E-state index in [1.54, 1.807) is 0 Å². The minimum absolute atomic E-state index is 0.0359. The molecule has 6 heteroatoms. The number of para-hydroxylation sites is 1. The lowest BCUT2D eigenvalue weighted by molar-refractivity contribution is -0.143. The van der Waals surface area contributed by atoms with Gasteiger partial charge in [0.1, 0.15) is 6.04 Å². The van der Waals surface area contributed by atoms with Gasteiger partial charge in [-0.25, -0.2) is 0 Å². The summed E-state index contributed by atoms with van der Waals surface area (Å²) >= 11 is 0. The van der Waals surface area contributed by atoms with Crippen LogP contribution in [0.1, 0.15) is 18.9 Å². The van der Waals surface area contributed by atoms with Gasteiger partial charge in [-0.3, -0.25) is 9.59 Å². The van der Waals surface area contributed by atoms with E-state index in [1.165, 1.54) is 23.1 Å². The van der Waals surface area contributed by atoms with Crippen molar-refractivity contribution in [2.45, 2.75) is 32.4 Å². The molecule has 2 heterocycles. The molecule has 0 spiro atoms. The van der Waals surface area contributed by atoms with E-state index >= 15 is 0 Å². The standard InChI is InChI=1S/C18H25N3O3/c1-13-5-3-4-6-16(13)19-7-9-20(10-8-19)18(24)17-11-15(23)12-21(17)14(2)22/h3-6,15,17,23H,7-12H2,1-2H3/t15-,17-/m1/s1. The zero-order valence-electron chi connectivity index (χ0n) is 14.3. The summed E-state index contributed by atoms with van der Waals surface area (Å²) in [7, 11) is 0. The van der Waals surface area contributed by atoms with Crippen LogP contribution in [0.5, 0.6) is 0 Å². The van der Waals surface area contributed by atoms with Crippen LogP contribution in [0.4, 0.5) is 5.69 Å². The third-order valence-electron chi connectivity index (χ3n) is 5.02. The minimum Gasteiger partial charge on any atom is -0.391 e. The van der Waals surface area contributed by atoms with E-state index in [9.17, 15) is 14.7 Å². The Balaban J connectivity index is 1.63. The molecule has 2 saturated heterocycles. The van der Waals surface area contributed by atoms with Crippen LogP contribution in [0.2, 0.25) is 0 Å². The molecular weight excluding hydrogens is 306 g/mol. The monoisotopic (exact) mass is 331 g/mol. The third-order valence-corrected chi connectivity index (χ3v) is 5.02. The number of amides is 2. The van der Waals surface area contributed by atoms with Crippen LogP contribution < -0.4 is 4.90 Å². The number of β-amino-alcohol motifs (C(OH)–C–C–N with tert-alkyl or cyclic N) is 1. The Hall–Kier alpha value is -2.08. The molecule has 3 rings (SSSR count). The van der Waals surface area contributed by atoms with Crippen LogP contribution in [-0.2, 0) is 9.59 Å². The lowest BCUT2D eigenvalue weighted by Gasteiger charge is -2.38. The first kappa shape index (κ1) is 16.8. The summed E-state index contributed by atoms with van der Waals surface area (Å²) in [6.07, 6.45) is -0.257. The van der Waals surface area contributed by atoms with Gasteiger partial charge in [0.15, 0.2) is 0 Å². The fourth-order valence-electron chi connectivity index (χ4n) is 3.69. The number of aliphatic hydroxyl groups is 1. The highest BCUT2D eigenvalue weighted by molar-refractivity contribution is 5.88. The molecule has 1 aromatic carbocycles. The summed E-state index contributed by atoms with van der Waals surface area (Å²) in [4.78, 5) is 30.1. The summed E-state index contributed by atoms with van der Waals surface area (Å²) in [5.74, 6) is -0.186. The Kier molecular flexibility index (Phi) is 4.76. The molecule has 0 radical (unpaired) electrons. The minimum atomic E-state index is -0.601. The predicted octanol–water partition coefficient (Wildman–Crippen LogP) is 0.625. The van der Waals surface area contributed by atoms with E-state index in [4.69, 9.17) is 0 Å². The van der Waals surface area contributed by atoms with Gasteiger partial charge in [-0.2, -0.15) is 0 Å². The summed E-state index contributed by atoms with van der Waals surface area (Å²) < 4.78 is 0. The Morgan fingerprint density at radius 3 is 2.42 bits per heavy atom. The largest absolute Gasteiger partial charge is 0.391 e. The predicted molar refractivity (Wildman–Crippen MR) is 91.8 cm³/mol. The first-order chi connectivity index (χ1) is 11.5. The van der Waals surface area contributed by atoms with Gasteiger partial charge in [0.25, 0.3) is 0 Å². The van der Waals surface area contributed by atoms with Crippen molar-refractivity contribution in [1.29, 1.82) is 0 Å². The molecule has 2 aliphatic heterocycles. The molecule has 24 heavy (non-hydrogen) atoms. The summed E-state index contributed by atoms with van der Waals surface area (Å²) in [6.45, 7) is 6.66. The molecule has 2 aliphatic rings. The van der Waals surface area contributed by atoms with Crippen LogP contribution in [0.3, 0.4) is 0 Å². The Bertz CT molecular complexity index is 626. The number of aryl methyl sites for hydroxylation is 1. The second-order valence-electron chi connectivity index (χ2n) is 6.68. The number of aliphatic hydroxyl groups excluding tert-OH is 1. The number of hydrogen-bond acceptors (Lipinski definition) is 4. The molecule has 0 bridgehead atoms. The molecular formula is C18H25N3O3. The molecule has 2 fully saturated rings. The van der Waals surface area contributed by atoms with Gasteiger partial charge in [-0.05, 0) is 18.6 Å². The zero-order chi connectivity index (χ0) is 17.3. The molecule has 0 unspecified atom stereocenters. The van der Waals surface area contributed by atoms with Crippen molar-refractivity contribution in [2.24, 2.45) is 0 Å². The van der Waals surface area contributed by atoms with E-state index < -0.39 is 12.1 Å². The maximum Gasteiger partial charge on any atom is 0.245 e. The van der Waals surface area contributed by atoms with Crippen LogP contribution in [0.25, 0.3) is 0 Å². The van der Waals surface area contributed by atoms with Crippen molar-refractivity contribution in [1.82, 2.24) is 9.80 Å².